The van der Waals surface area contributed by atoms with E-state index in [2.05, 4.69) is 152 Å². The van der Waals surface area contributed by atoms with Crippen LogP contribution in [0.4, 0.5) is 0 Å². The number of fused-ring (bicyclic) bond motifs is 21. The largest absolute Gasteiger partial charge is 0.504 e. The number of phenolic OH excluding ortho intramolecular Hbond substituents is 2. The summed E-state index contributed by atoms with van der Waals surface area (Å²) in [6.07, 6.45) is 31.0. The molecule has 127 heavy (non-hydrogen) atoms. The molecule has 15 rings (SSSR count). The van der Waals surface area contributed by atoms with Gasteiger partial charge in [0.1, 0.15) is 0 Å². The third-order valence-corrected chi connectivity index (χ3v) is 38.6. The first-order chi connectivity index (χ1) is 57.9. The zero-order chi connectivity index (χ0) is 94.9. The quantitative estimate of drug-likeness (QED) is 0.0289. The number of allylic oxidation sites excluding steroid dienone is 9. The normalized spacial score (nSPS) is 38.3. The highest BCUT2D eigenvalue weighted by molar-refractivity contribution is 8.00. The Labute approximate surface area is 773 Å². The van der Waals surface area contributed by atoms with Crippen LogP contribution in [0.1, 0.15) is 366 Å². The van der Waals surface area contributed by atoms with Gasteiger partial charge < -0.3 is 50.0 Å². The van der Waals surface area contributed by atoms with Gasteiger partial charge in [-0.15, -0.1) is 23.5 Å². The third kappa shape index (κ3) is 17.4. The molecule has 9 fully saturated rings. The molecule has 9 saturated carbocycles. The van der Waals surface area contributed by atoms with Crippen LogP contribution in [0.2, 0.25) is 0 Å². The molecule has 0 bridgehead atoms. The topological polar surface area (TPSA) is 306 Å². The number of thioether (sulfide) groups is 2. The minimum Gasteiger partial charge on any atom is -0.504 e. The van der Waals surface area contributed by atoms with E-state index in [-0.39, 0.29) is 106 Å². The average Bonchev–Trinajstić information content (AvgIpc) is 0.645. The summed E-state index contributed by atoms with van der Waals surface area (Å²) in [5.74, 6) is -2.80. The fraction of sp³-hybridized carbons (Fsp3) is 0.698. The molecular weight excluding hydrogens is 1660 g/mol. The summed E-state index contributed by atoms with van der Waals surface area (Å²) < 4.78 is 15.4. The molecule has 21 heteroatoms. The lowest BCUT2D eigenvalue weighted by molar-refractivity contribution is -0.178. The average molecular weight is 1810 g/mol. The number of carboxylic acid groups (broad SMARTS) is 3. The Hall–Kier alpha value is -6.55. The molecule has 706 valence electrons. The Bertz CT molecular complexity index is 4910. The van der Waals surface area contributed by atoms with E-state index in [1.54, 1.807) is 6.08 Å². The van der Waals surface area contributed by atoms with Crippen LogP contribution < -0.4 is 9.47 Å². The molecule has 13 aliphatic rings. The molecule has 13 aliphatic carbocycles. The number of hydrogen-bond acceptors (Lipinski definition) is 18. The Morgan fingerprint density at radius 2 is 0.787 bits per heavy atom. The van der Waals surface area contributed by atoms with Crippen LogP contribution in [0.15, 0.2) is 81.7 Å². The smallest absolute Gasteiger partial charge is 0.310 e. The summed E-state index contributed by atoms with van der Waals surface area (Å²) in [6, 6.07) is 3.82. The van der Waals surface area contributed by atoms with Gasteiger partial charge in [-0.2, -0.15) is 12.6 Å². The molecule has 0 amide bonds. The number of thiol groups is 1. The van der Waals surface area contributed by atoms with Gasteiger partial charge in [0, 0.05) is 72.7 Å². The number of ketones is 1. The number of rotatable bonds is 9. The highest BCUT2D eigenvalue weighted by Crippen LogP contribution is 2.80. The van der Waals surface area contributed by atoms with Crippen molar-refractivity contribution in [3.8, 4) is 23.0 Å². The van der Waals surface area contributed by atoms with Crippen LogP contribution in [0.25, 0.3) is 0 Å². The molecule has 0 spiro atoms. The van der Waals surface area contributed by atoms with Gasteiger partial charge in [0.05, 0.1) is 16.2 Å². The number of hydrogen-bond donors (Lipinski definition) is 8. The van der Waals surface area contributed by atoms with Gasteiger partial charge in [0.25, 0.3) is 0 Å². The number of aliphatic hydroxyl groups excluding tert-OH is 2. The van der Waals surface area contributed by atoms with Crippen molar-refractivity contribution >= 4 is 83.7 Å². The number of aromatic hydroxyl groups is 2. The number of carbonyl (C=O) groups excluding carboxylic acids is 5. The SMILES string of the molecule is C.CC(=O)OC(C)=O.CC(=O)Oc1cc2c(c(C)c1OC(C)=O)C(SC(C)C)C=C1[C@@]2(C)CC[C@@]2(C)[C@@H]3C[C@](C)(C(=O)O)CC[C@]3(C)CC[C@]12C.CC(C)S.CC1=C(O)C(=O)C=C2C1=CC=C1[C@@]2(C)CC[C@@]2(C)[C@@H]3C[C@](C)(C(=O)O)CC[C@]3(C)CC[C@]12C.CO.Cc1c(O)c(O)cc2c1C(SC(C)C)C=C1[C@@]2(C)CC[C@@]2(C)[C@@H]3C[C@](C)(C(=O)O)CC[C@]3(C)CC[C@]12C. The van der Waals surface area contributed by atoms with Crippen LogP contribution in [-0.2, 0) is 53.9 Å². The molecule has 0 heterocycles. The fourth-order valence-electron chi connectivity index (χ4n) is 27.9. The Kier molecular flexibility index (Phi) is 29.6. The Morgan fingerprint density at radius 1 is 0.449 bits per heavy atom. The van der Waals surface area contributed by atoms with Crippen LogP contribution in [-0.4, -0.2) is 106 Å². The van der Waals surface area contributed by atoms with Gasteiger partial charge in [0.15, 0.2) is 28.8 Å². The van der Waals surface area contributed by atoms with Gasteiger partial charge in [-0.3, -0.25) is 38.4 Å². The van der Waals surface area contributed by atoms with Crippen LogP contribution in [0.5, 0.6) is 23.0 Å². The number of phenols is 2. The molecule has 0 saturated heterocycles. The number of carbonyl (C=O) groups is 8. The van der Waals surface area contributed by atoms with E-state index in [9.17, 15) is 69.0 Å². The van der Waals surface area contributed by atoms with Crippen molar-refractivity contribution in [2.24, 2.45) is 88.1 Å². The number of esters is 4. The molecule has 20 atom stereocenters. The number of aliphatic hydroxyl groups is 2. The molecule has 0 radical (unpaired) electrons. The maximum Gasteiger partial charge on any atom is 0.310 e. The van der Waals surface area contributed by atoms with E-state index in [0.29, 0.717) is 50.6 Å². The van der Waals surface area contributed by atoms with Crippen molar-refractivity contribution < 1.29 is 88.3 Å². The molecule has 2 aromatic rings. The number of carboxylic acids is 3. The highest BCUT2D eigenvalue weighted by atomic mass is 32.2. The fourth-order valence-corrected chi connectivity index (χ4v) is 30.4. The standard InChI is InChI=1S/C36H50O6S.C32H46O4S.C29H38O4.C4H6O3.C3H8S.CH4O.CH4/c1-20(2)43-26-18-27-34(8,24-17-25(41-22(4)37)30(42-23(5)38)21(3)29(24)26)14-16-36(10)28-19-33(7,31(39)40)12-11-32(28,6)13-15-35(27,36)9;1-18(2)37-22-16-23-30(6,20-15-21(33)26(34)19(3)25(20)22)12-14-32(8)24-17-29(5,27(35)36)10-9-28(24,4)11-13-31(23,32)7;1-17-18-7-8-21-27(4,19(18)15-20(30)23(17)31)12-14-29(6)22-16-26(3,24(32)33)10-9-25(22,2)11-13-28(21,29)5;1-3(5)7-4(2)6;1-3(2)4;1-2;/h17-18,20,26,28H,11-16,19H2,1-10H3,(H,39,40);15-16,18,22,24,33-34H,9-14,17H2,1-8H3,(H,35,36);7-8,15,22,31H,9-14,16H2,1-6H3,(H,32,33);1-2H3;3-4H,1-2H3;2H,1H3;1H4/t26?,28-,32-,33-,34+,35-,36+;22?,24-,28-,29-,30+,31-,32+;22-,25-,26-,27+,28-,29+;;;;/m111..../s1. The van der Waals surface area contributed by atoms with Crippen molar-refractivity contribution in [1.82, 2.24) is 0 Å². The lowest BCUT2D eigenvalue weighted by Gasteiger charge is -2.70. The van der Waals surface area contributed by atoms with Crippen molar-refractivity contribution in [3.05, 3.63) is 115 Å². The summed E-state index contributed by atoms with van der Waals surface area (Å²) in [6.45, 7) is 58.6. The molecule has 2 aromatic carbocycles. The predicted molar refractivity (Wildman–Crippen MR) is 512 cm³/mol. The highest BCUT2D eigenvalue weighted by Gasteiger charge is 2.72. The van der Waals surface area contributed by atoms with E-state index in [0.717, 1.165) is 175 Å². The number of benzene rings is 2. The summed E-state index contributed by atoms with van der Waals surface area (Å²) in [7, 11) is 1.00. The minimum atomic E-state index is -0.696. The van der Waals surface area contributed by atoms with Gasteiger partial charge in [0.2, 0.25) is 5.78 Å². The van der Waals surface area contributed by atoms with Crippen LogP contribution >= 0.6 is 36.2 Å². The second kappa shape index (κ2) is 36.1. The Morgan fingerprint density at radius 3 is 1.13 bits per heavy atom. The lowest BCUT2D eigenvalue weighted by atomic mass is 9.34. The first kappa shape index (κ1) is 104. The zero-order valence-corrected chi connectivity index (χ0v) is 83.9. The summed E-state index contributed by atoms with van der Waals surface area (Å²) in [5.41, 5.74) is 10.7. The molecule has 0 aromatic heterocycles. The van der Waals surface area contributed by atoms with E-state index in [4.69, 9.17) is 14.6 Å². The van der Waals surface area contributed by atoms with Crippen LogP contribution in [0, 0.1) is 102 Å². The van der Waals surface area contributed by atoms with E-state index in [1.807, 2.05) is 91.0 Å². The molecular formula is C106H156O18S3. The number of ether oxygens (including phenoxy) is 3. The van der Waals surface area contributed by atoms with Crippen molar-refractivity contribution in [2.45, 2.75) is 373 Å². The Balaban J connectivity index is 0.000000201. The van der Waals surface area contributed by atoms with Gasteiger partial charge in [-0.1, -0.05) is 173 Å². The maximum absolute atomic E-state index is 12.6. The van der Waals surface area contributed by atoms with Gasteiger partial charge in [-0.05, 0) is 316 Å². The van der Waals surface area contributed by atoms with Gasteiger partial charge >= 0.3 is 41.8 Å². The molecule has 0 aliphatic heterocycles. The maximum atomic E-state index is 12.6. The second-order valence-electron chi connectivity index (χ2n) is 45.0. The van der Waals surface area contributed by atoms with Crippen LogP contribution in [0.3, 0.4) is 0 Å². The second-order valence-corrected chi connectivity index (χ2v) is 49.5. The summed E-state index contributed by atoms with van der Waals surface area (Å²) in [5, 5.41) is 70.7. The third-order valence-electron chi connectivity index (χ3n) is 36.2. The van der Waals surface area contributed by atoms with Crippen molar-refractivity contribution in [3.63, 3.8) is 0 Å². The minimum absolute atomic E-state index is 0. The monoisotopic (exact) mass is 1810 g/mol. The van der Waals surface area contributed by atoms with E-state index < -0.39 is 58.0 Å². The summed E-state index contributed by atoms with van der Waals surface area (Å²) >= 11 is 7.78. The van der Waals surface area contributed by atoms with Crippen molar-refractivity contribution in [2.75, 3.05) is 7.11 Å². The molecule has 7 N–H and O–H groups in total. The zero-order valence-electron chi connectivity index (χ0n) is 81.4. The molecule has 2 unspecified atom stereocenters. The van der Waals surface area contributed by atoms with E-state index >= 15 is 0 Å². The van der Waals surface area contributed by atoms with Gasteiger partial charge in [-0.25, -0.2) is 0 Å². The molecule has 18 nitrogen and oxygen atoms in total. The first-order valence-electron chi connectivity index (χ1n) is 46.4. The predicted octanol–water partition coefficient (Wildman–Crippen LogP) is 25.4. The summed E-state index contributed by atoms with van der Waals surface area (Å²) in [4.78, 5) is 93.7. The lowest BCUT2D eigenvalue weighted by Crippen LogP contribution is -2.62. The first-order valence-corrected chi connectivity index (χ1v) is 48.8. The van der Waals surface area contributed by atoms with Crippen molar-refractivity contribution in [1.29, 1.82) is 0 Å². The van der Waals surface area contributed by atoms with E-state index in [1.165, 1.54) is 55.5 Å². The number of aliphatic carboxylic acids is 3.